The molecule has 106 valence electrons. The van der Waals surface area contributed by atoms with Crippen LogP contribution in [0.1, 0.15) is 0 Å². The Kier molecular flexibility index (Phi) is 4.20. The van der Waals surface area contributed by atoms with Crippen molar-refractivity contribution in [3.63, 3.8) is 0 Å². The number of hydrogen-bond donors (Lipinski definition) is 2. The summed E-state index contributed by atoms with van der Waals surface area (Å²) in [6.45, 7) is 0. The quantitative estimate of drug-likeness (QED) is 0.825. The highest BCUT2D eigenvalue weighted by atomic mass is 79.9. The normalized spacial score (nSPS) is 11.1. The summed E-state index contributed by atoms with van der Waals surface area (Å²) in [6.07, 6.45) is 0. The largest absolute Gasteiger partial charge is 0.495 e. The van der Waals surface area contributed by atoms with Crippen LogP contribution in [0, 0.1) is 0 Å². The summed E-state index contributed by atoms with van der Waals surface area (Å²) in [4.78, 5) is 0.0821. The van der Waals surface area contributed by atoms with Gasteiger partial charge in [-0.2, -0.15) is 0 Å². The van der Waals surface area contributed by atoms with Gasteiger partial charge in [0.25, 0.3) is 10.0 Å². The van der Waals surface area contributed by atoms with Crippen LogP contribution in [0.5, 0.6) is 5.75 Å². The molecule has 0 bridgehead atoms. The van der Waals surface area contributed by atoms with Gasteiger partial charge in [0.1, 0.15) is 5.75 Å². The van der Waals surface area contributed by atoms with E-state index in [1.165, 1.54) is 25.3 Å². The molecule has 0 saturated heterocycles. The SMILES string of the molecule is COc1ccc(S(=O)(=O)Nc2ccc(Br)cc2)cc1N. The Morgan fingerprint density at radius 1 is 1.15 bits per heavy atom. The van der Waals surface area contributed by atoms with Crippen LogP contribution < -0.4 is 15.2 Å². The lowest BCUT2D eigenvalue weighted by molar-refractivity contribution is 0.416. The third-order valence-corrected chi connectivity index (χ3v) is 4.52. The van der Waals surface area contributed by atoms with Crippen LogP contribution >= 0.6 is 15.9 Å². The van der Waals surface area contributed by atoms with E-state index in [9.17, 15) is 8.42 Å². The van der Waals surface area contributed by atoms with Crippen LogP contribution in [-0.4, -0.2) is 15.5 Å². The molecular formula is C13H13BrN2O3S. The third-order valence-electron chi connectivity index (χ3n) is 2.61. The molecule has 0 atom stereocenters. The van der Waals surface area contributed by atoms with Crippen LogP contribution in [0.25, 0.3) is 0 Å². The maximum Gasteiger partial charge on any atom is 0.261 e. The molecule has 3 N–H and O–H groups in total. The summed E-state index contributed by atoms with van der Waals surface area (Å²) in [5.74, 6) is 0.438. The van der Waals surface area contributed by atoms with E-state index >= 15 is 0 Å². The van der Waals surface area contributed by atoms with Gasteiger partial charge in [0, 0.05) is 10.2 Å². The van der Waals surface area contributed by atoms with E-state index in [1.54, 1.807) is 24.3 Å². The molecule has 7 heteroatoms. The molecule has 0 heterocycles. The minimum Gasteiger partial charge on any atom is -0.495 e. The zero-order valence-electron chi connectivity index (χ0n) is 10.6. The topological polar surface area (TPSA) is 81.4 Å². The summed E-state index contributed by atoms with van der Waals surface area (Å²) in [5.41, 5.74) is 6.46. The van der Waals surface area contributed by atoms with Gasteiger partial charge >= 0.3 is 0 Å². The molecule has 0 aliphatic carbocycles. The molecule has 0 unspecified atom stereocenters. The number of anilines is 2. The van der Waals surface area contributed by atoms with Crippen molar-refractivity contribution in [2.45, 2.75) is 4.90 Å². The van der Waals surface area contributed by atoms with E-state index in [0.717, 1.165) is 4.47 Å². The minimum absolute atomic E-state index is 0.0821. The van der Waals surface area contributed by atoms with Crippen molar-refractivity contribution in [2.24, 2.45) is 0 Å². The van der Waals surface area contributed by atoms with Crippen molar-refractivity contribution >= 4 is 37.3 Å². The first kappa shape index (κ1) is 14.7. The molecule has 0 aromatic heterocycles. The fourth-order valence-electron chi connectivity index (χ4n) is 1.61. The number of hydrogen-bond acceptors (Lipinski definition) is 4. The van der Waals surface area contributed by atoms with Crippen LogP contribution in [0.4, 0.5) is 11.4 Å². The molecule has 2 rings (SSSR count). The van der Waals surface area contributed by atoms with Crippen LogP contribution in [0.2, 0.25) is 0 Å². The number of sulfonamides is 1. The van der Waals surface area contributed by atoms with Gasteiger partial charge in [-0.05, 0) is 42.5 Å². The molecule has 5 nitrogen and oxygen atoms in total. The predicted molar refractivity (Wildman–Crippen MR) is 82.4 cm³/mol. The second-order valence-corrected chi connectivity index (χ2v) is 6.61. The Morgan fingerprint density at radius 2 is 1.80 bits per heavy atom. The Hall–Kier alpha value is -1.73. The fourth-order valence-corrected chi connectivity index (χ4v) is 2.97. The van der Waals surface area contributed by atoms with Gasteiger partial charge in [0.15, 0.2) is 0 Å². The van der Waals surface area contributed by atoms with Crippen molar-refractivity contribution in [3.05, 3.63) is 46.9 Å². The zero-order chi connectivity index (χ0) is 14.8. The monoisotopic (exact) mass is 356 g/mol. The number of ether oxygens (including phenoxy) is 1. The van der Waals surface area contributed by atoms with E-state index in [-0.39, 0.29) is 10.6 Å². The first-order chi connectivity index (χ1) is 9.42. The van der Waals surface area contributed by atoms with E-state index in [2.05, 4.69) is 20.7 Å². The van der Waals surface area contributed by atoms with Gasteiger partial charge in [-0.3, -0.25) is 4.72 Å². The average molecular weight is 357 g/mol. The van der Waals surface area contributed by atoms with E-state index in [0.29, 0.717) is 11.4 Å². The lowest BCUT2D eigenvalue weighted by atomic mass is 10.3. The molecule has 0 amide bonds. The summed E-state index contributed by atoms with van der Waals surface area (Å²) >= 11 is 3.29. The molecule has 0 fully saturated rings. The predicted octanol–water partition coefficient (Wildman–Crippen LogP) is 2.84. The molecule has 0 aliphatic rings. The minimum atomic E-state index is -3.67. The molecule has 2 aromatic rings. The van der Waals surface area contributed by atoms with E-state index in [1.807, 2.05) is 0 Å². The van der Waals surface area contributed by atoms with Gasteiger partial charge in [0.05, 0.1) is 17.7 Å². The molecule has 0 aliphatic heterocycles. The summed E-state index contributed by atoms with van der Waals surface area (Å²) in [5, 5.41) is 0. The number of nitrogens with two attached hydrogens (primary N) is 1. The number of methoxy groups -OCH3 is 1. The van der Waals surface area contributed by atoms with E-state index in [4.69, 9.17) is 10.5 Å². The molecule has 0 spiro atoms. The van der Waals surface area contributed by atoms with Gasteiger partial charge < -0.3 is 10.5 Å². The van der Waals surface area contributed by atoms with Crippen molar-refractivity contribution in [1.29, 1.82) is 0 Å². The standard InChI is InChI=1S/C13H13BrN2O3S/c1-19-13-7-6-11(8-12(13)15)20(17,18)16-10-4-2-9(14)3-5-10/h2-8,16H,15H2,1H3. The van der Waals surface area contributed by atoms with Crippen LogP contribution in [0.15, 0.2) is 51.8 Å². The first-order valence-electron chi connectivity index (χ1n) is 5.64. The van der Waals surface area contributed by atoms with Crippen LogP contribution in [0.3, 0.4) is 0 Å². The molecule has 0 radical (unpaired) electrons. The Bertz CT molecular complexity index is 715. The van der Waals surface area contributed by atoms with Crippen molar-refractivity contribution in [2.75, 3.05) is 17.6 Å². The number of nitrogen functional groups attached to an aromatic ring is 1. The molecule has 2 aromatic carbocycles. The smallest absolute Gasteiger partial charge is 0.261 e. The average Bonchev–Trinajstić information content (AvgIpc) is 2.41. The fraction of sp³-hybridized carbons (Fsp3) is 0.0769. The highest BCUT2D eigenvalue weighted by Gasteiger charge is 2.15. The third kappa shape index (κ3) is 3.23. The number of halogens is 1. The lowest BCUT2D eigenvalue weighted by Gasteiger charge is -2.10. The van der Waals surface area contributed by atoms with Crippen molar-refractivity contribution in [1.82, 2.24) is 0 Å². The van der Waals surface area contributed by atoms with Crippen molar-refractivity contribution < 1.29 is 13.2 Å². The zero-order valence-corrected chi connectivity index (χ0v) is 13.0. The summed E-state index contributed by atoms with van der Waals surface area (Å²) in [6, 6.07) is 11.1. The number of benzene rings is 2. The van der Waals surface area contributed by atoms with Crippen LogP contribution in [-0.2, 0) is 10.0 Å². The van der Waals surface area contributed by atoms with Gasteiger partial charge in [-0.1, -0.05) is 15.9 Å². The number of nitrogens with one attached hydrogen (secondary N) is 1. The molecule has 20 heavy (non-hydrogen) atoms. The first-order valence-corrected chi connectivity index (χ1v) is 7.92. The highest BCUT2D eigenvalue weighted by molar-refractivity contribution is 9.10. The van der Waals surface area contributed by atoms with Gasteiger partial charge in [-0.25, -0.2) is 8.42 Å². The molecular weight excluding hydrogens is 344 g/mol. The Morgan fingerprint density at radius 3 is 2.35 bits per heavy atom. The maximum absolute atomic E-state index is 12.2. The van der Waals surface area contributed by atoms with E-state index < -0.39 is 10.0 Å². The van der Waals surface area contributed by atoms with Crippen molar-refractivity contribution in [3.8, 4) is 5.75 Å². The second-order valence-electron chi connectivity index (χ2n) is 4.02. The second kappa shape index (κ2) is 5.72. The highest BCUT2D eigenvalue weighted by Crippen LogP contribution is 2.26. The van der Waals surface area contributed by atoms with Gasteiger partial charge in [0.2, 0.25) is 0 Å². The molecule has 0 saturated carbocycles. The Balaban J connectivity index is 2.30. The number of rotatable bonds is 4. The lowest BCUT2D eigenvalue weighted by Crippen LogP contribution is -2.13. The summed E-state index contributed by atoms with van der Waals surface area (Å²) < 4.78 is 32.8. The Labute approximate surface area is 125 Å². The maximum atomic E-state index is 12.2. The van der Waals surface area contributed by atoms with Gasteiger partial charge in [-0.15, -0.1) is 0 Å². The summed E-state index contributed by atoms with van der Waals surface area (Å²) in [7, 11) is -2.20.